The van der Waals surface area contributed by atoms with Crippen LogP contribution in [0.5, 0.6) is 11.5 Å². The summed E-state index contributed by atoms with van der Waals surface area (Å²) in [7, 11) is 5.09. The van der Waals surface area contributed by atoms with Crippen molar-refractivity contribution >= 4 is 5.96 Å². The largest absolute Gasteiger partial charge is 0.493 e. The third kappa shape index (κ3) is 6.12. The summed E-state index contributed by atoms with van der Waals surface area (Å²) in [5.74, 6) is 3.12. The number of guanidine groups is 1. The minimum absolute atomic E-state index is 0.681. The van der Waals surface area contributed by atoms with E-state index in [0.717, 1.165) is 42.0 Å². The molecule has 0 bridgehead atoms. The second-order valence-electron chi connectivity index (χ2n) is 6.59. The number of hydrogen-bond acceptors (Lipinski definition) is 4. The monoisotopic (exact) mass is 348 g/mol. The lowest BCUT2D eigenvalue weighted by Crippen LogP contribution is -2.43. The normalized spacial score (nSPS) is 18.7. The van der Waals surface area contributed by atoms with Gasteiger partial charge in [-0.1, -0.05) is 13.0 Å². The van der Waals surface area contributed by atoms with Crippen molar-refractivity contribution in [3.63, 3.8) is 0 Å². The fourth-order valence-electron chi connectivity index (χ4n) is 3.22. The number of rotatable bonds is 7. The summed E-state index contributed by atoms with van der Waals surface area (Å²) in [4.78, 5) is 6.83. The van der Waals surface area contributed by atoms with Crippen LogP contribution < -0.4 is 20.1 Å². The zero-order valence-electron chi connectivity index (χ0n) is 16.0. The predicted octanol–water partition coefficient (Wildman–Crippen LogP) is 2.10. The van der Waals surface area contributed by atoms with Gasteiger partial charge in [0.25, 0.3) is 0 Å². The van der Waals surface area contributed by atoms with Gasteiger partial charge in [0.05, 0.1) is 14.2 Å². The summed E-state index contributed by atoms with van der Waals surface area (Å²) >= 11 is 0. The molecule has 6 nitrogen and oxygen atoms in total. The second-order valence-corrected chi connectivity index (χ2v) is 6.59. The third-order valence-electron chi connectivity index (χ3n) is 4.59. The molecule has 0 aromatic heterocycles. The number of nitrogens with one attached hydrogen (secondary N) is 2. The highest BCUT2D eigenvalue weighted by Crippen LogP contribution is 2.27. The van der Waals surface area contributed by atoms with Crippen LogP contribution in [0.25, 0.3) is 0 Å². The summed E-state index contributed by atoms with van der Waals surface area (Å²) in [6.07, 6.45) is 2.67. The average molecular weight is 348 g/mol. The summed E-state index contributed by atoms with van der Waals surface area (Å²) in [6, 6.07) is 5.93. The van der Waals surface area contributed by atoms with E-state index in [1.165, 1.54) is 25.9 Å². The van der Waals surface area contributed by atoms with Gasteiger partial charge in [-0.25, -0.2) is 0 Å². The minimum atomic E-state index is 0.681. The van der Waals surface area contributed by atoms with Crippen molar-refractivity contribution in [2.75, 3.05) is 47.4 Å². The third-order valence-corrected chi connectivity index (χ3v) is 4.59. The molecule has 2 N–H and O–H groups in total. The summed E-state index contributed by atoms with van der Waals surface area (Å²) in [6.45, 7) is 7.40. The van der Waals surface area contributed by atoms with Gasteiger partial charge >= 0.3 is 0 Å². The molecule has 25 heavy (non-hydrogen) atoms. The van der Waals surface area contributed by atoms with Crippen molar-refractivity contribution in [2.24, 2.45) is 10.9 Å². The first kappa shape index (κ1) is 19.4. The summed E-state index contributed by atoms with van der Waals surface area (Å²) < 4.78 is 10.6. The molecule has 1 saturated heterocycles. The molecular formula is C19H32N4O2. The zero-order valence-corrected chi connectivity index (χ0v) is 16.0. The Morgan fingerprint density at radius 1 is 1.24 bits per heavy atom. The van der Waals surface area contributed by atoms with Crippen molar-refractivity contribution < 1.29 is 9.47 Å². The first-order valence-corrected chi connectivity index (χ1v) is 9.04. The second kappa shape index (κ2) is 10.1. The van der Waals surface area contributed by atoms with Crippen LogP contribution in [0.2, 0.25) is 0 Å². The molecule has 1 unspecified atom stereocenters. The molecule has 140 valence electrons. The molecule has 0 aliphatic carbocycles. The van der Waals surface area contributed by atoms with E-state index < -0.39 is 0 Å². The molecule has 0 amide bonds. The smallest absolute Gasteiger partial charge is 0.191 e. The highest BCUT2D eigenvalue weighted by molar-refractivity contribution is 5.79. The van der Waals surface area contributed by atoms with Gasteiger partial charge in [0, 0.05) is 33.2 Å². The van der Waals surface area contributed by atoms with E-state index in [1.54, 1.807) is 21.3 Å². The van der Waals surface area contributed by atoms with Gasteiger partial charge in [-0.2, -0.15) is 0 Å². The quantitative estimate of drug-likeness (QED) is 0.584. The molecule has 6 heteroatoms. The maximum absolute atomic E-state index is 5.35. The number of methoxy groups -OCH3 is 2. The van der Waals surface area contributed by atoms with Crippen molar-refractivity contribution in [3.8, 4) is 11.5 Å². The van der Waals surface area contributed by atoms with E-state index in [0.29, 0.717) is 6.54 Å². The van der Waals surface area contributed by atoms with Crippen LogP contribution in [0.3, 0.4) is 0 Å². The van der Waals surface area contributed by atoms with E-state index in [1.807, 2.05) is 18.2 Å². The molecule has 2 rings (SSSR count). The van der Waals surface area contributed by atoms with Gasteiger partial charge < -0.3 is 25.0 Å². The number of hydrogen-bond donors (Lipinski definition) is 2. The molecule has 0 radical (unpaired) electrons. The van der Waals surface area contributed by atoms with Crippen LogP contribution in [0, 0.1) is 5.92 Å². The molecule has 0 saturated carbocycles. The SMILES string of the molecule is CN=C(NCCN1CCCC(C)C1)NCc1ccc(OC)c(OC)c1. The van der Waals surface area contributed by atoms with Crippen LogP contribution in [-0.2, 0) is 6.54 Å². The molecule has 1 fully saturated rings. The van der Waals surface area contributed by atoms with Crippen LogP contribution in [0.1, 0.15) is 25.3 Å². The topological polar surface area (TPSA) is 58.1 Å². The first-order valence-electron chi connectivity index (χ1n) is 9.04. The minimum Gasteiger partial charge on any atom is -0.493 e. The zero-order chi connectivity index (χ0) is 18.1. The number of aliphatic imine (C=N–C) groups is 1. The molecule has 0 spiro atoms. The number of piperidine rings is 1. The summed E-state index contributed by atoms with van der Waals surface area (Å²) in [5.41, 5.74) is 1.12. The first-order chi connectivity index (χ1) is 12.2. The Balaban J connectivity index is 1.76. The standard InChI is InChI=1S/C19H32N4O2/c1-15-6-5-10-23(14-15)11-9-21-19(20-2)22-13-16-7-8-17(24-3)18(12-16)25-4/h7-8,12,15H,5-6,9-11,13-14H2,1-4H3,(H2,20,21,22). The van der Waals surface area contributed by atoms with Crippen molar-refractivity contribution in [3.05, 3.63) is 23.8 Å². The van der Waals surface area contributed by atoms with E-state index in [2.05, 4.69) is 27.4 Å². The van der Waals surface area contributed by atoms with E-state index in [4.69, 9.17) is 9.47 Å². The molecule has 1 aliphatic rings. The number of benzene rings is 1. The Hall–Kier alpha value is -1.95. The number of nitrogens with zero attached hydrogens (tertiary/aromatic N) is 2. The van der Waals surface area contributed by atoms with Gasteiger partial charge in [0.15, 0.2) is 17.5 Å². The predicted molar refractivity (Wildman–Crippen MR) is 103 cm³/mol. The van der Waals surface area contributed by atoms with Crippen LogP contribution in [0.15, 0.2) is 23.2 Å². The lowest BCUT2D eigenvalue weighted by molar-refractivity contribution is 0.187. The van der Waals surface area contributed by atoms with E-state index in [-0.39, 0.29) is 0 Å². The molecule has 1 atom stereocenters. The summed E-state index contributed by atoms with van der Waals surface area (Å²) in [5, 5.41) is 6.74. The Kier molecular flexibility index (Phi) is 7.85. The van der Waals surface area contributed by atoms with Crippen LogP contribution in [0.4, 0.5) is 0 Å². The van der Waals surface area contributed by atoms with Gasteiger partial charge in [-0.15, -0.1) is 0 Å². The highest BCUT2D eigenvalue weighted by atomic mass is 16.5. The maximum atomic E-state index is 5.35. The highest BCUT2D eigenvalue weighted by Gasteiger charge is 2.15. The van der Waals surface area contributed by atoms with E-state index in [9.17, 15) is 0 Å². The fourth-order valence-corrected chi connectivity index (χ4v) is 3.22. The maximum Gasteiger partial charge on any atom is 0.191 e. The Morgan fingerprint density at radius 2 is 2.04 bits per heavy atom. The average Bonchev–Trinajstić information content (AvgIpc) is 2.64. The van der Waals surface area contributed by atoms with Gasteiger partial charge in [-0.3, -0.25) is 4.99 Å². The van der Waals surface area contributed by atoms with Gasteiger partial charge in [0.1, 0.15) is 0 Å². The number of ether oxygens (including phenoxy) is 2. The van der Waals surface area contributed by atoms with Crippen molar-refractivity contribution in [1.29, 1.82) is 0 Å². The van der Waals surface area contributed by atoms with Crippen molar-refractivity contribution in [1.82, 2.24) is 15.5 Å². The van der Waals surface area contributed by atoms with Crippen LogP contribution in [-0.4, -0.2) is 58.3 Å². The fraction of sp³-hybridized carbons (Fsp3) is 0.632. The number of likely N-dealkylation sites (tertiary alicyclic amines) is 1. The van der Waals surface area contributed by atoms with Gasteiger partial charge in [-0.05, 0) is 43.0 Å². The van der Waals surface area contributed by atoms with E-state index >= 15 is 0 Å². The lowest BCUT2D eigenvalue weighted by Gasteiger charge is -2.30. The van der Waals surface area contributed by atoms with Gasteiger partial charge in [0.2, 0.25) is 0 Å². The molecule has 1 aliphatic heterocycles. The Bertz CT molecular complexity index is 562. The molecule has 1 aromatic carbocycles. The van der Waals surface area contributed by atoms with Crippen LogP contribution >= 0.6 is 0 Å². The van der Waals surface area contributed by atoms with Crippen molar-refractivity contribution in [2.45, 2.75) is 26.3 Å². The molecule has 1 heterocycles. The Morgan fingerprint density at radius 3 is 2.72 bits per heavy atom. The molecule has 1 aromatic rings. The lowest BCUT2D eigenvalue weighted by atomic mass is 10.0. The molecular weight excluding hydrogens is 316 g/mol. The Labute approximate surface area is 151 Å².